The fraction of sp³-hybridized carbons (Fsp3) is 0.857. The minimum atomic E-state index is -0.740. The van der Waals surface area contributed by atoms with E-state index in [1.807, 2.05) is 6.92 Å². The van der Waals surface area contributed by atoms with Crippen LogP contribution >= 0.6 is 0 Å². The number of carbonyl (C=O) groups is 2. The van der Waals surface area contributed by atoms with Crippen LogP contribution in [0, 0.1) is 5.92 Å². The number of rotatable bonds is 6. The number of nitrogens with one attached hydrogen (secondary N) is 1. The predicted octanol–water partition coefficient (Wildman–Crippen LogP) is 2.46. The molecule has 0 aromatic rings. The average molecular weight is 270 g/mol. The zero-order valence-corrected chi connectivity index (χ0v) is 12.0. The van der Waals surface area contributed by atoms with E-state index in [0.717, 1.165) is 32.1 Å². The number of carboxylic acids is 1. The van der Waals surface area contributed by atoms with Crippen LogP contribution < -0.4 is 5.32 Å². The van der Waals surface area contributed by atoms with Gasteiger partial charge in [0.25, 0.3) is 0 Å². The number of hydrogen-bond donors (Lipinski definition) is 2. The van der Waals surface area contributed by atoms with Crippen molar-refractivity contribution < 1.29 is 14.7 Å². The molecule has 5 nitrogen and oxygen atoms in total. The van der Waals surface area contributed by atoms with E-state index in [1.54, 1.807) is 4.90 Å². The molecule has 0 bridgehead atoms. The highest BCUT2D eigenvalue weighted by Gasteiger charge is 2.24. The molecule has 2 amide bonds. The molecule has 0 saturated carbocycles. The third-order valence-corrected chi connectivity index (χ3v) is 3.73. The summed E-state index contributed by atoms with van der Waals surface area (Å²) in [4.78, 5) is 24.4. The fourth-order valence-corrected chi connectivity index (χ4v) is 2.47. The number of nitrogens with zero attached hydrogens (tertiary/aromatic N) is 1. The molecule has 1 atom stereocenters. The number of hydrogen-bond acceptors (Lipinski definition) is 2. The SMILES string of the molecule is CCCCC(C)NC(=O)N1CCC(CC(=O)O)CC1. The number of carbonyl (C=O) groups excluding carboxylic acids is 1. The lowest BCUT2D eigenvalue weighted by Crippen LogP contribution is -2.47. The van der Waals surface area contributed by atoms with Crippen LogP contribution in [0.4, 0.5) is 4.79 Å². The van der Waals surface area contributed by atoms with E-state index in [-0.39, 0.29) is 24.4 Å². The van der Waals surface area contributed by atoms with E-state index in [0.29, 0.717) is 13.1 Å². The van der Waals surface area contributed by atoms with Gasteiger partial charge in [-0.05, 0) is 32.1 Å². The molecule has 0 spiro atoms. The van der Waals surface area contributed by atoms with E-state index in [4.69, 9.17) is 5.11 Å². The molecular weight excluding hydrogens is 244 g/mol. The molecule has 0 aromatic heterocycles. The highest BCUT2D eigenvalue weighted by Crippen LogP contribution is 2.20. The maximum atomic E-state index is 12.0. The first-order valence-corrected chi connectivity index (χ1v) is 7.30. The van der Waals surface area contributed by atoms with Crippen molar-refractivity contribution in [2.75, 3.05) is 13.1 Å². The van der Waals surface area contributed by atoms with E-state index in [1.165, 1.54) is 0 Å². The Kier molecular flexibility index (Phi) is 6.67. The van der Waals surface area contributed by atoms with E-state index < -0.39 is 5.97 Å². The number of aliphatic carboxylic acids is 1. The van der Waals surface area contributed by atoms with Gasteiger partial charge in [-0.25, -0.2) is 4.79 Å². The minimum Gasteiger partial charge on any atom is -0.481 e. The molecule has 110 valence electrons. The topological polar surface area (TPSA) is 69.6 Å². The quantitative estimate of drug-likeness (QED) is 0.779. The predicted molar refractivity (Wildman–Crippen MR) is 74.1 cm³/mol. The summed E-state index contributed by atoms with van der Waals surface area (Å²) in [5, 5.41) is 11.8. The summed E-state index contributed by atoms with van der Waals surface area (Å²) in [5.74, 6) is -0.518. The lowest BCUT2D eigenvalue weighted by Gasteiger charge is -2.32. The van der Waals surface area contributed by atoms with Crippen molar-refractivity contribution >= 4 is 12.0 Å². The summed E-state index contributed by atoms with van der Waals surface area (Å²) >= 11 is 0. The van der Waals surface area contributed by atoms with Crippen molar-refractivity contribution in [2.24, 2.45) is 5.92 Å². The van der Waals surface area contributed by atoms with Crippen molar-refractivity contribution in [3.05, 3.63) is 0 Å². The van der Waals surface area contributed by atoms with Crippen LogP contribution in [-0.2, 0) is 4.79 Å². The second kappa shape index (κ2) is 8.02. The van der Waals surface area contributed by atoms with Crippen molar-refractivity contribution in [3.8, 4) is 0 Å². The molecular formula is C14H26N2O3. The minimum absolute atomic E-state index is 0.00243. The van der Waals surface area contributed by atoms with Crippen LogP contribution in [-0.4, -0.2) is 41.1 Å². The second-order valence-electron chi connectivity index (χ2n) is 5.52. The van der Waals surface area contributed by atoms with Crippen LogP contribution in [0.5, 0.6) is 0 Å². The molecule has 1 rings (SSSR count). The Hall–Kier alpha value is -1.26. The first kappa shape index (κ1) is 15.8. The van der Waals surface area contributed by atoms with E-state index in [9.17, 15) is 9.59 Å². The number of carboxylic acid groups (broad SMARTS) is 1. The zero-order chi connectivity index (χ0) is 14.3. The van der Waals surface area contributed by atoms with Crippen LogP contribution in [0.3, 0.4) is 0 Å². The van der Waals surface area contributed by atoms with Crippen LogP contribution in [0.1, 0.15) is 52.4 Å². The molecule has 1 fully saturated rings. The van der Waals surface area contributed by atoms with E-state index in [2.05, 4.69) is 12.2 Å². The molecule has 0 aliphatic carbocycles. The van der Waals surface area contributed by atoms with Crippen LogP contribution in [0.25, 0.3) is 0 Å². The van der Waals surface area contributed by atoms with Crippen molar-refractivity contribution in [2.45, 2.75) is 58.4 Å². The standard InChI is InChI=1S/C14H26N2O3/c1-3-4-5-11(2)15-14(19)16-8-6-12(7-9-16)10-13(17)18/h11-12H,3-10H2,1-2H3,(H,15,19)(H,17,18). The lowest BCUT2D eigenvalue weighted by atomic mass is 9.94. The number of unbranched alkanes of at least 4 members (excludes halogenated alkanes) is 1. The second-order valence-corrected chi connectivity index (χ2v) is 5.52. The Balaban J connectivity index is 2.26. The summed E-state index contributed by atoms with van der Waals surface area (Å²) in [6.07, 6.45) is 5.09. The van der Waals surface area contributed by atoms with Crippen molar-refractivity contribution in [3.63, 3.8) is 0 Å². The molecule has 1 saturated heterocycles. The molecule has 19 heavy (non-hydrogen) atoms. The summed E-state index contributed by atoms with van der Waals surface area (Å²) in [5.41, 5.74) is 0. The Labute approximate surface area is 115 Å². The van der Waals surface area contributed by atoms with Gasteiger partial charge in [-0.15, -0.1) is 0 Å². The smallest absolute Gasteiger partial charge is 0.317 e. The Bertz CT molecular complexity index is 299. The molecule has 2 N–H and O–H groups in total. The summed E-state index contributed by atoms with van der Waals surface area (Å²) in [7, 11) is 0. The maximum Gasteiger partial charge on any atom is 0.317 e. The van der Waals surface area contributed by atoms with Gasteiger partial charge in [0, 0.05) is 25.6 Å². The highest BCUT2D eigenvalue weighted by atomic mass is 16.4. The normalized spacial score (nSPS) is 18.1. The Morgan fingerprint density at radius 1 is 1.37 bits per heavy atom. The molecule has 5 heteroatoms. The number of urea groups is 1. The molecule has 1 aliphatic rings. The molecule has 1 unspecified atom stereocenters. The van der Waals surface area contributed by atoms with Gasteiger partial charge in [0.05, 0.1) is 0 Å². The molecule has 0 radical (unpaired) electrons. The van der Waals surface area contributed by atoms with Gasteiger partial charge >= 0.3 is 12.0 Å². The van der Waals surface area contributed by atoms with Crippen molar-refractivity contribution in [1.82, 2.24) is 10.2 Å². The van der Waals surface area contributed by atoms with Gasteiger partial charge in [-0.3, -0.25) is 4.79 Å². The molecule has 0 aromatic carbocycles. The van der Waals surface area contributed by atoms with Gasteiger partial charge in [0.15, 0.2) is 0 Å². The number of likely N-dealkylation sites (tertiary alicyclic amines) is 1. The first-order chi connectivity index (χ1) is 9.02. The number of amides is 2. The van der Waals surface area contributed by atoms with Gasteiger partial charge in [-0.2, -0.15) is 0 Å². The average Bonchev–Trinajstić information content (AvgIpc) is 2.36. The third kappa shape index (κ3) is 5.94. The monoisotopic (exact) mass is 270 g/mol. The maximum absolute atomic E-state index is 12.0. The summed E-state index contributed by atoms with van der Waals surface area (Å²) < 4.78 is 0. The summed E-state index contributed by atoms with van der Waals surface area (Å²) in [6.45, 7) is 5.51. The fourth-order valence-electron chi connectivity index (χ4n) is 2.47. The first-order valence-electron chi connectivity index (χ1n) is 7.30. The van der Waals surface area contributed by atoms with Gasteiger partial charge in [-0.1, -0.05) is 19.8 Å². The van der Waals surface area contributed by atoms with Crippen LogP contribution in [0.15, 0.2) is 0 Å². The molecule has 1 aliphatic heterocycles. The number of piperidine rings is 1. The van der Waals surface area contributed by atoms with Crippen molar-refractivity contribution in [1.29, 1.82) is 0 Å². The summed E-state index contributed by atoms with van der Waals surface area (Å²) in [6, 6.07) is 0.210. The van der Waals surface area contributed by atoms with E-state index >= 15 is 0 Å². The zero-order valence-electron chi connectivity index (χ0n) is 12.0. The van der Waals surface area contributed by atoms with Gasteiger partial charge < -0.3 is 15.3 Å². The Morgan fingerprint density at radius 2 is 2.00 bits per heavy atom. The largest absolute Gasteiger partial charge is 0.481 e. The highest BCUT2D eigenvalue weighted by molar-refractivity contribution is 5.74. The van der Waals surface area contributed by atoms with Crippen LogP contribution in [0.2, 0.25) is 0 Å². The van der Waals surface area contributed by atoms with Gasteiger partial charge in [0.1, 0.15) is 0 Å². The molecule has 1 heterocycles. The Morgan fingerprint density at radius 3 is 2.53 bits per heavy atom. The third-order valence-electron chi connectivity index (χ3n) is 3.73. The van der Waals surface area contributed by atoms with Gasteiger partial charge in [0.2, 0.25) is 0 Å². The lowest BCUT2D eigenvalue weighted by molar-refractivity contribution is -0.138.